The lowest BCUT2D eigenvalue weighted by Crippen LogP contribution is -2.43. The standard InChI is InChI=1S/C22H27N5O3/c1-15-6-4-8-20-24-25-22(27(15)20)26-11-5-7-16(14-26)21(28)23-13-17-12-18(29-2)9-10-19(17)30-3/h4,6,8-10,12,16H,5,7,11,13-14H2,1-3H3,(H,23,28)/t16-/m1/s1. The predicted molar refractivity (Wildman–Crippen MR) is 114 cm³/mol. The Balaban J connectivity index is 1.45. The molecule has 1 saturated heterocycles. The number of methoxy groups -OCH3 is 2. The average Bonchev–Trinajstić information content (AvgIpc) is 3.23. The highest BCUT2D eigenvalue weighted by Gasteiger charge is 2.28. The summed E-state index contributed by atoms with van der Waals surface area (Å²) in [5.41, 5.74) is 2.78. The summed E-state index contributed by atoms with van der Waals surface area (Å²) in [7, 11) is 3.24. The number of amides is 1. The first-order valence-corrected chi connectivity index (χ1v) is 10.1. The van der Waals surface area contributed by atoms with Crippen LogP contribution in [0.5, 0.6) is 11.5 Å². The highest BCUT2D eigenvalue weighted by Crippen LogP contribution is 2.26. The van der Waals surface area contributed by atoms with Crippen LogP contribution in [0.1, 0.15) is 24.1 Å². The van der Waals surface area contributed by atoms with E-state index in [0.29, 0.717) is 13.1 Å². The molecule has 1 aliphatic heterocycles. The second-order valence-corrected chi connectivity index (χ2v) is 7.54. The maximum atomic E-state index is 12.9. The lowest BCUT2D eigenvalue weighted by atomic mass is 9.97. The molecule has 2 aromatic heterocycles. The van der Waals surface area contributed by atoms with Crippen LogP contribution in [0.3, 0.4) is 0 Å². The van der Waals surface area contributed by atoms with Gasteiger partial charge in [-0.05, 0) is 50.1 Å². The number of fused-ring (bicyclic) bond motifs is 1. The van der Waals surface area contributed by atoms with Gasteiger partial charge in [-0.25, -0.2) is 0 Å². The Kier molecular flexibility index (Phi) is 5.74. The molecule has 158 valence electrons. The van der Waals surface area contributed by atoms with E-state index in [1.165, 1.54) is 0 Å². The van der Waals surface area contributed by atoms with Gasteiger partial charge in [-0.1, -0.05) is 6.07 Å². The van der Waals surface area contributed by atoms with Crippen LogP contribution in [0.15, 0.2) is 36.4 Å². The minimum Gasteiger partial charge on any atom is -0.497 e. The van der Waals surface area contributed by atoms with Gasteiger partial charge < -0.3 is 19.7 Å². The number of anilines is 1. The first-order valence-electron chi connectivity index (χ1n) is 10.1. The Hall–Kier alpha value is -3.29. The molecule has 1 amide bonds. The van der Waals surface area contributed by atoms with Crippen LogP contribution in [0.2, 0.25) is 0 Å². The molecule has 1 aliphatic rings. The molecule has 1 aromatic carbocycles. The van der Waals surface area contributed by atoms with Crippen LogP contribution < -0.4 is 19.7 Å². The zero-order chi connectivity index (χ0) is 21.1. The molecule has 0 unspecified atom stereocenters. The van der Waals surface area contributed by atoms with Crippen LogP contribution in [-0.4, -0.2) is 47.8 Å². The predicted octanol–water partition coefficient (Wildman–Crippen LogP) is 2.59. The molecule has 0 aliphatic carbocycles. The molecule has 1 atom stereocenters. The van der Waals surface area contributed by atoms with Crippen molar-refractivity contribution in [2.75, 3.05) is 32.2 Å². The fraction of sp³-hybridized carbons (Fsp3) is 0.409. The summed E-state index contributed by atoms with van der Waals surface area (Å²) in [5.74, 6) is 2.20. The van der Waals surface area contributed by atoms with Crippen molar-refractivity contribution in [3.63, 3.8) is 0 Å². The molecule has 4 rings (SSSR count). The summed E-state index contributed by atoms with van der Waals surface area (Å²) >= 11 is 0. The number of benzene rings is 1. The molecular formula is C22H27N5O3. The first kappa shape index (κ1) is 20.0. The van der Waals surface area contributed by atoms with Gasteiger partial charge in [0, 0.05) is 30.9 Å². The maximum Gasteiger partial charge on any atom is 0.231 e. The molecule has 3 aromatic rings. The highest BCUT2D eigenvalue weighted by atomic mass is 16.5. The van der Waals surface area contributed by atoms with E-state index < -0.39 is 0 Å². The molecular weight excluding hydrogens is 382 g/mol. The van der Waals surface area contributed by atoms with E-state index in [9.17, 15) is 4.79 Å². The molecule has 0 spiro atoms. The Bertz CT molecular complexity index is 1050. The summed E-state index contributed by atoms with van der Waals surface area (Å²) < 4.78 is 12.7. The highest BCUT2D eigenvalue weighted by molar-refractivity contribution is 5.79. The van der Waals surface area contributed by atoms with Crippen molar-refractivity contribution in [2.45, 2.75) is 26.3 Å². The largest absolute Gasteiger partial charge is 0.497 e. The number of nitrogens with one attached hydrogen (secondary N) is 1. The van der Waals surface area contributed by atoms with E-state index in [4.69, 9.17) is 9.47 Å². The molecule has 0 radical (unpaired) electrons. The normalized spacial score (nSPS) is 16.5. The van der Waals surface area contributed by atoms with E-state index in [-0.39, 0.29) is 11.8 Å². The number of aryl methyl sites for hydroxylation is 1. The summed E-state index contributed by atoms with van der Waals surface area (Å²) in [6.45, 7) is 3.91. The molecule has 8 heteroatoms. The Morgan fingerprint density at radius 2 is 2.07 bits per heavy atom. The van der Waals surface area contributed by atoms with Crippen LogP contribution in [0.25, 0.3) is 5.65 Å². The maximum absolute atomic E-state index is 12.9. The number of carbonyl (C=O) groups is 1. The number of piperidine rings is 1. The summed E-state index contributed by atoms with van der Waals surface area (Å²) in [4.78, 5) is 15.1. The smallest absolute Gasteiger partial charge is 0.231 e. The number of nitrogens with zero attached hydrogens (tertiary/aromatic N) is 4. The molecule has 8 nitrogen and oxygen atoms in total. The number of rotatable bonds is 6. The second kappa shape index (κ2) is 8.61. The van der Waals surface area contributed by atoms with Gasteiger partial charge in [0.15, 0.2) is 5.65 Å². The van der Waals surface area contributed by atoms with Crippen molar-refractivity contribution >= 4 is 17.5 Å². The lowest BCUT2D eigenvalue weighted by Gasteiger charge is -2.32. The van der Waals surface area contributed by atoms with Gasteiger partial charge in [0.1, 0.15) is 11.5 Å². The number of carbonyl (C=O) groups excluding carboxylic acids is 1. The van der Waals surface area contributed by atoms with E-state index in [1.54, 1.807) is 14.2 Å². The second-order valence-electron chi connectivity index (χ2n) is 7.54. The fourth-order valence-electron chi connectivity index (χ4n) is 4.01. The average molecular weight is 409 g/mol. The van der Waals surface area contributed by atoms with Crippen molar-refractivity contribution < 1.29 is 14.3 Å². The van der Waals surface area contributed by atoms with Gasteiger partial charge in [0.05, 0.1) is 20.1 Å². The molecule has 3 heterocycles. The van der Waals surface area contributed by atoms with Crippen molar-refractivity contribution in [3.05, 3.63) is 47.7 Å². The van der Waals surface area contributed by atoms with Crippen molar-refractivity contribution in [3.8, 4) is 11.5 Å². The molecule has 0 saturated carbocycles. The van der Waals surface area contributed by atoms with Gasteiger partial charge in [-0.2, -0.15) is 0 Å². The van der Waals surface area contributed by atoms with Gasteiger partial charge in [0.25, 0.3) is 0 Å². The van der Waals surface area contributed by atoms with Gasteiger partial charge in [0.2, 0.25) is 11.9 Å². The third-order valence-corrected chi connectivity index (χ3v) is 5.62. The zero-order valence-electron chi connectivity index (χ0n) is 17.6. The van der Waals surface area contributed by atoms with Gasteiger partial charge in [-0.15, -0.1) is 10.2 Å². The van der Waals surface area contributed by atoms with E-state index in [1.807, 2.05) is 47.7 Å². The Morgan fingerprint density at radius 1 is 1.20 bits per heavy atom. The molecule has 1 N–H and O–H groups in total. The number of hydrogen-bond acceptors (Lipinski definition) is 6. The monoisotopic (exact) mass is 409 g/mol. The number of hydrogen-bond donors (Lipinski definition) is 1. The Morgan fingerprint density at radius 3 is 2.87 bits per heavy atom. The van der Waals surface area contributed by atoms with Crippen molar-refractivity contribution in [2.24, 2.45) is 5.92 Å². The topological polar surface area (TPSA) is 81.0 Å². The summed E-state index contributed by atoms with van der Waals surface area (Å²) in [5, 5.41) is 11.7. The molecule has 0 bridgehead atoms. The SMILES string of the molecule is COc1ccc(OC)c(CNC(=O)[C@@H]2CCCN(c3nnc4cccc(C)n34)C2)c1. The third kappa shape index (κ3) is 3.90. The van der Waals surface area contributed by atoms with Crippen LogP contribution in [0.4, 0.5) is 5.95 Å². The van der Waals surface area contributed by atoms with Crippen LogP contribution in [-0.2, 0) is 11.3 Å². The summed E-state index contributed by atoms with van der Waals surface area (Å²) in [6.07, 6.45) is 1.79. The summed E-state index contributed by atoms with van der Waals surface area (Å²) in [6, 6.07) is 11.5. The number of ether oxygens (including phenoxy) is 2. The molecule has 1 fully saturated rings. The van der Waals surface area contributed by atoms with Gasteiger partial charge in [-0.3, -0.25) is 9.20 Å². The van der Waals surface area contributed by atoms with Crippen LogP contribution >= 0.6 is 0 Å². The first-order chi connectivity index (χ1) is 14.6. The van der Waals surface area contributed by atoms with Crippen LogP contribution in [0, 0.1) is 12.8 Å². The zero-order valence-corrected chi connectivity index (χ0v) is 17.6. The quantitative estimate of drug-likeness (QED) is 0.674. The fourth-order valence-corrected chi connectivity index (χ4v) is 4.01. The van der Waals surface area contributed by atoms with E-state index in [0.717, 1.165) is 53.7 Å². The minimum atomic E-state index is -0.105. The number of aromatic nitrogens is 3. The van der Waals surface area contributed by atoms with Gasteiger partial charge >= 0.3 is 0 Å². The third-order valence-electron chi connectivity index (χ3n) is 5.62. The van der Waals surface area contributed by atoms with Crippen molar-refractivity contribution in [1.82, 2.24) is 19.9 Å². The molecule has 30 heavy (non-hydrogen) atoms. The van der Waals surface area contributed by atoms with E-state index in [2.05, 4.69) is 20.4 Å². The van der Waals surface area contributed by atoms with E-state index >= 15 is 0 Å². The number of pyridine rings is 1. The Labute approximate surface area is 175 Å². The lowest BCUT2D eigenvalue weighted by molar-refractivity contribution is -0.125. The minimum absolute atomic E-state index is 0.0371. The van der Waals surface area contributed by atoms with Crippen molar-refractivity contribution in [1.29, 1.82) is 0 Å².